The first-order chi connectivity index (χ1) is 10.3. The molecule has 0 bridgehead atoms. The summed E-state index contributed by atoms with van der Waals surface area (Å²) >= 11 is 0. The Balaban J connectivity index is 0. The molecule has 0 saturated carbocycles. The van der Waals surface area contributed by atoms with Crippen LogP contribution in [0.4, 0.5) is 0 Å². The van der Waals surface area contributed by atoms with E-state index in [1.807, 2.05) is 6.92 Å². The van der Waals surface area contributed by atoms with Crippen molar-refractivity contribution in [3.63, 3.8) is 0 Å². The molecule has 0 aliphatic carbocycles. The molecule has 0 amide bonds. The van der Waals surface area contributed by atoms with Crippen LogP contribution < -0.4 is 0 Å². The fraction of sp³-hybridized carbons (Fsp3) is 0.824. The lowest BCUT2D eigenvalue weighted by Crippen LogP contribution is -2.29. The molecule has 0 aliphatic heterocycles. The maximum Gasteiger partial charge on any atom is 0.311 e. The third-order valence-corrected chi connectivity index (χ3v) is 2.85. The van der Waals surface area contributed by atoms with Crippen molar-refractivity contribution in [2.24, 2.45) is 16.7 Å². The number of ether oxygens (including phenoxy) is 2. The van der Waals surface area contributed by atoms with Gasteiger partial charge in [-0.05, 0) is 48.0 Å². The number of esters is 1. The molecule has 0 saturated heterocycles. The van der Waals surface area contributed by atoms with Crippen LogP contribution in [0.15, 0.2) is 0 Å². The molecule has 136 valence electrons. The molecule has 0 aliphatic rings. The fourth-order valence-corrected chi connectivity index (χ4v) is 1.09. The Hall–Kier alpha value is -1.43. The lowest BCUT2D eigenvalue weighted by atomic mass is 9.97. The number of rotatable bonds is 6. The van der Waals surface area contributed by atoms with Crippen LogP contribution in [0.2, 0.25) is 0 Å². The Morgan fingerprint density at radius 2 is 1.52 bits per heavy atom. The summed E-state index contributed by atoms with van der Waals surface area (Å²) in [6.07, 6.45) is 1.22. The highest BCUT2D eigenvalue weighted by Crippen LogP contribution is 2.16. The fourth-order valence-electron chi connectivity index (χ4n) is 1.09. The molecule has 1 N–H and O–H groups in total. The molecule has 0 fully saturated rings. The van der Waals surface area contributed by atoms with Gasteiger partial charge in [0.05, 0.1) is 16.9 Å². The summed E-state index contributed by atoms with van der Waals surface area (Å²) in [6.45, 7) is 12.4. The van der Waals surface area contributed by atoms with Crippen LogP contribution in [-0.4, -0.2) is 43.2 Å². The zero-order valence-electron chi connectivity index (χ0n) is 15.6. The number of carboxylic acid groups (broad SMARTS) is 1. The van der Waals surface area contributed by atoms with Crippen molar-refractivity contribution < 1.29 is 29.0 Å². The van der Waals surface area contributed by atoms with Gasteiger partial charge in [0.15, 0.2) is 0 Å². The van der Waals surface area contributed by atoms with Crippen molar-refractivity contribution >= 4 is 18.2 Å². The molecule has 0 radical (unpaired) electrons. The zero-order valence-corrected chi connectivity index (χ0v) is 15.6. The van der Waals surface area contributed by atoms with E-state index in [1.54, 1.807) is 48.7 Å². The predicted molar refractivity (Wildman–Crippen MR) is 88.1 cm³/mol. The van der Waals surface area contributed by atoms with E-state index in [-0.39, 0.29) is 24.6 Å². The van der Waals surface area contributed by atoms with Crippen LogP contribution in [0.3, 0.4) is 0 Å². The lowest BCUT2D eigenvalue weighted by Gasteiger charge is -2.21. The van der Waals surface area contributed by atoms with E-state index < -0.39 is 16.8 Å². The lowest BCUT2D eigenvalue weighted by molar-refractivity contribution is -0.156. The minimum atomic E-state index is -0.757. The van der Waals surface area contributed by atoms with Gasteiger partial charge in [-0.3, -0.25) is 9.59 Å². The predicted octanol–water partition coefficient (Wildman–Crippen LogP) is 2.93. The first kappa shape index (κ1) is 23.8. The molecule has 6 heteroatoms. The molecule has 0 heterocycles. The number of hydrogen-bond donors (Lipinski definition) is 1. The smallest absolute Gasteiger partial charge is 0.311 e. The average Bonchev–Trinajstić information content (AvgIpc) is 2.41. The monoisotopic (exact) mass is 332 g/mol. The molecule has 23 heavy (non-hydrogen) atoms. The van der Waals surface area contributed by atoms with Crippen molar-refractivity contribution in [1.29, 1.82) is 0 Å². The molecular formula is C17H32O6. The van der Waals surface area contributed by atoms with Crippen molar-refractivity contribution in [1.82, 2.24) is 0 Å². The second-order valence-corrected chi connectivity index (χ2v) is 7.61. The van der Waals surface area contributed by atoms with E-state index in [2.05, 4.69) is 0 Å². The minimum absolute atomic E-state index is 0.0849. The summed E-state index contributed by atoms with van der Waals surface area (Å²) in [6, 6.07) is 0. The van der Waals surface area contributed by atoms with Gasteiger partial charge in [0.2, 0.25) is 0 Å². The molecule has 0 spiro atoms. The Kier molecular flexibility index (Phi) is 10.7. The van der Waals surface area contributed by atoms with Gasteiger partial charge in [-0.15, -0.1) is 0 Å². The molecule has 0 aromatic carbocycles. The van der Waals surface area contributed by atoms with E-state index in [0.29, 0.717) is 6.42 Å². The molecular weight excluding hydrogens is 300 g/mol. The SMILES string of the molecule is CC(C)(C)C(=O)O.COC(COC(=O)C(C)(C)C)CC(C)C=O. The van der Waals surface area contributed by atoms with Crippen molar-refractivity contribution in [2.75, 3.05) is 13.7 Å². The van der Waals surface area contributed by atoms with Crippen LogP contribution in [0.1, 0.15) is 54.9 Å². The maximum atomic E-state index is 11.5. The number of carbonyl (C=O) groups is 3. The van der Waals surface area contributed by atoms with Gasteiger partial charge in [0, 0.05) is 13.0 Å². The van der Waals surface area contributed by atoms with E-state index in [4.69, 9.17) is 14.6 Å². The third-order valence-electron chi connectivity index (χ3n) is 2.85. The number of methoxy groups -OCH3 is 1. The van der Waals surface area contributed by atoms with Gasteiger partial charge in [0.25, 0.3) is 0 Å². The highest BCUT2D eigenvalue weighted by atomic mass is 16.6. The minimum Gasteiger partial charge on any atom is -0.481 e. The standard InChI is InChI=1S/C12H22O4.C5H10O2/c1-9(7-13)6-10(15-5)8-16-11(14)12(2,3)4;1-5(2,3)4(6)7/h7,9-10H,6,8H2,1-5H3;1-3H3,(H,6,7). The van der Waals surface area contributed by atoms with Crippen molar-refractivity contribution in [3.8, 4) is 0 Å². The summed E-state index contributed by atoms with van der Waals surface area (Å²) in [5.74, 6) is -1.10. The van der Waals surface area contributed by atoms with Crippen LogP contribution in [0, 0.1) is 16.7 Å². The second kappa shape index (κ2) is 10.4. The summed E-state index contributed by atoms with van der Waals surface area (Å²) in [4.78, 5) is 32.0. The second-order valence-electron chi connectivity index (χ2n) is 7.61. The van der Waals surface area contributed by atoms with Crippen LogP contribution in [0.25, 0.3) is 0 Å². The van der Waals surface area contributed by atoms with E-state index in [0.717, 1.165) is 6.29 Å². The largest absolute Gasteiger partial charge is 0.481 e. The number of carboxylic acids is 1. The third kappa shape index (κ3) is 12.8. The number of carbonyl (C=O) groups excluding carboxylic acids is 2. The topological polar surface area (TPSA) is 89.9 Å². The Morgan fingerprint density at radius 1 is 1.09 bits per heavy atom. The summed E-state index contributed by atoms with van der Waals surface area (Å²) < 4.78 is 10.3. The Labute approximate surface area is 139 Å². The van der Waals surface area contributed by atoms with Gasteiger partial charge in [0.1, 0.15) is 12.9 Å². The molecule has 6 nitrogen and oxygen atoms in total. The van der Waals surface area contributed by atoms with Gasteiger partial charge in [-0.1, -0.05) is 6.92 Å². The summed E-state index contributed by atoms with van der Waals surface area (Å²) in [5.41, 5.74) is -1.09. The van der Waals surface area contributed by atoms with Gasteiger partial charge in [-0.2, -0.15) is 0 Å². The van der Waals surface area contributed by atoms with Crippen LogP contribution in [-0.2, 0) is 23.9 Å². The van der Waals surface area contributed by atoms with E-state index in [9.17, 15) is 14.4 Å². The first-order valence-corrected chi connectivity index (χ1v) is 7.64. The van der Waals surface area contributed by atoms with Gasteiger partial charge in [-0.25, -0.2) is 0 Å². The van der Waals surface area contributed by atoms with Crippen molar-refractivity contribution in [2.45, 2.75) is 61.0 Å². The molecule has 0 rings (SSSR count). The van der Waals surface area contributed by atoms with Crippen LogP contribution >= 0.6 is 0 Å². The average molecular weight is 332 g/mol. The van der Waals surface area contributed by atoms with Crippen LogP contribution in [0.5, 0.6) is 0 Å². The first-order valence-electron chi connectivity index (χ1n) is 7.64. The number of aliphatic carboxylic acids is 1. The molecule has 2 atom stereocenters. The van der Waals surface area contributed by atoms with Gasteiger partial charge >= 0.3 is 11.9 Å². The normalized spacial score (nSPS) is 14.1. The zero-order chi connectivity index (χ0) is 18.8. The highest BCUT2D eigenvalue weighted by molar-refractivity contribution is 5.75. The summed E-state index contributed by atoms with van der Waals surface area (Å²) in [5, 5.41) is 8.25. The summed E-state index contributed by atoms with van der Waals surface area (Å²) in [7, 11) is 1.55. The quantitative estimate of drug-likeness (QED) is 0.594. The Morgan fingerprint density at radius 3 is 1.78 bits per heavy atom. The van der Waals surface area contributed by atoms with E-state index in [1.165, 1.54) is 0 Å². The molecule has 0 aromatic heterocycles. The number of hydrogen-bond acceptors (Lipinski definition) is 5. The van der Waals surface area contributed by atoms with Crippen molar-refractivity contribution in [3.05, 3.63) is 0 Å². The maximum absolute atomic E-state index is 11.5. The molecule has 0 aromatic rings. The van der Waals surface area contributed by atoms with Gasteiger partial charge < -0.3 is 19.4 Å². The highest BCUT2D eigenvalue weighted by Gasteiger charge is 2.24. The Bertz CT molecular complexity index is 376. The number of aldehydes is 1. The van der Waals surface area contributed by atoms with E-state index >= 15 is 0 Å². The molecule has 2 unspecified atom stereocenters.